The summed E-state index contributed by atoms with van der Waals surface area (Å²) in [6.07, 6.45) is 4.34. The number of ether oxygens (including phenoxy) is 1. The number of hydrogen-bond donors (Lipinski definition) is 3. The van der Waals surface area contributed by atoms with Gasteiger partial charge in [-0.2, -0.15) is 4.98 Å². The number of halogens is 2. The van der Waals surface area contributed by atoms with Gasteiger partial charge in [-0.3, -0.25) is 4.98 Å². The van der Waals surface area contributed by atoms with Gasteiger partial charge in [-0.15, -0.1) is 0 Å². The van der Waals surface area contributed by atoms with Crippen molar-refractivity contribution in [2.45, 2.75) is 0 Å². The van der Waals surface area contributed by atoms with E-state index in [1.807, 2.05) is 30.3 Å². The SMILES string of the molecule is O=C(O)c1cncc(-c2cnc(Nc3ccc(F)c(Cl)c3)nc2NCCOc2ccccc2)c1. The summed E-state index contributed by atoms with van der Waals surface area (Å²) < 4.78 is 19.2. The van der Waals surface area contributed by atoms with Crippen LogP contribution in [0.3, 0.4) is 0 Å². The maximum absolute atomic E-state index is 13.5. The lowest BCUT2D eigenvalue weighted by Gasteiger charge is -2.14. The van der Waals surface area contributed by atoms with Crippen molar-refractivity contribution in [3.8, 4) is 16.9 Å². The van der Waals surface area contributed by atoms with Gasteiger partial charge >= 0.3 is 5.97 Å². The lowest BCUT2D eigenvalue weighted by atomic mass is 10.1. The van der Waals surface area contributed by atoms with Crippen molar-refractivity contribution in [3.05, 3.63) is 89.6 Å². The fraction of sp³-hybridized carbons (Fsp3) is 0.0833. The zero-order valence-corrected chi connectivity index (χ0v) is 18.5. The maximum Gasteiger partial charge on any atom is 0.337 e. The lowest BCUT2D eigenvalue weighted by molar-refractivity contribution is 0.0696. The second-order valence-electron chi connectivity index (χ2n) is 7.07. The van der Waals surface area contributed by atoms with Crippen molar-refractivity contribution in [1.82, 2.24) is 15.0 Å². The van der Waals surface area contributed by atoms with Crippen molar-refractivity contribution in [2.24, 2.45) is 0 Å². The highest BCUT2D eigenvalue weighted by molar-refractivity contribution is 6.31. The van der Waals surface area contributed by atoms with E-state index in [-0.39, 0.29) is 16.5 Å². The first-order chi connectivity index (χ1) is 16.5. The van der Waals surface area contributed by atoms with Crippen LogP contribution in [0.25, 0.3) is 11.1 Å². The van der Waals surface area contributed by atoms with Gasteiger partial charge in [0.15, 0.2) is 0 Å². The number of carboxylic acid groups (broad SMARTS) is 1. The third kappa shape index (κ3) is 5.76. The molecule has 0 atom stereocenters. The van der Waals surface area contributed by atoms with Crippen molar-refractivity contribution in [1.29, 1.82) is 0 Å². The summed E-state index contributed by atoms with van der Waals surface area (Å²) in [5.41, 5.74) is 1.63. The third-order valence-corrected chi connectivity index (χ3v) is 4.96. The Morgan fingerprint density at radius 2 is 1.91 bits per heavy atom. The average Bonchev–Trinajstić information content (AvgIpc) is 2.85. The van der Waals surface area contributed by atoms with Crippen molar-refractivity contribution in [2.75, 3.05) is 23.8 Å². The van der Waals surface area contributed by atoms with Crippen LogP contribution in [0, 0.1) is 5.82 Å². The number of carbonyl (C=O) groups is 1. The molecule has 8 nitrogen and oxygen atoms in total. The first kappa shape index (κ1) is 22.9. The number of benzene rings is 2. The van der Waals surface area contributed by atoms with Crippen LogP contribution in [0.4, 0.5) is 21.8 Å². The zero-order valence-electron chi connectivity index (χ0n) is 17.7. The minimum Gasteiger partial charge on any atom is -0.492 e. The number of hydrogen-bond acceptors (Lipinski definition) is 7. The van der Waals surface area contributed by atoms with Crippen LogP contribution in [-0.2, 0) is 0 Å². The molecule has 0 spiro atoms. The van der Waals surface area contributed by atoms with Crippen LogP contribution in [0.1, 0.15) is 10.4 Å². The van der Waals surface area contributed by atoms with Crippen molar-refractivity contribution >= 4 is 35.0 Å². The summed E-state index contributed by atoms with van der Waals surface area (Å²) in [7, 11) is 0. The van der Waals surface area contributed by atoms with Gasteiger partial charge < -0.3 is 20.5 Å². The smallest absolute Gasteiger partial charge is 0.337 e. The number of carboxylic acids is 1. The number of para-hydroxylation sites is 1. The van der Waals surface area contributed by atoms with E-state index in [2.05, 4.69) is 25.6 Å². The molecule has 0 saturated heterocycles. The summed E-state index contributed by atoms with van der Waals surface area (Å²) in [6.45, 7) is 0.768. The van der Waals surface area contributed by atoms with E-state index >= 15 is 0 Å². The molecular formula is C24H19ClFN5O3. The van der Waals surface area contributed by atoms with Gasteiger partial charge in [-0.1, -0.05) is 29.8 Å². The van der Waals surface area contributed by atoms with Gasteiger partial charge in [0, 0.05) is 35.4 Å². The van der Waals surface area contributed by atoms with Crippen molar-refractivity contribution < 1.29 is 19.0 Å². The van der Waals surface area contributed by atoms with Gasteiger partial charge in [-0.05, 0) is 36.4 Å². The number of rotatable bonds is 9. The quantitative estimate of drug-likeness (QED) is 0.279. The summed E-state index contributed by atoms with van der Waals surface area (Å²) in [5, 5.41) is 15.5. The highest BCUT2D eigenvalue weighted by atomic mass is 35.5. The molecule has 0 unspecified atom stereocenters. The highest BCUT2D eigenvalue weighted by Gasteiger charge is 2.13. The molecule has 0 amide bonds. The predicted octanol–water partition coefficient (Wildman–Crippen LogP) is 5.26. The molecular weight excluding hydrogens is 461 g/mol. The average molecular weight is 480 g/mol. The van der Waals surface area contributed by atoms with E-state index in [4.69, 9.17) is 16.3 Å². The molecule has 0 fully saturated rings. The topological polar surface area (TPSA) is 109 Å². The standard InChI is InChI=1S/C24H19ClFN5O3/c25-20-11-17(6-7-21(20)26)30-24-29-14-19(15-10-16(23(32)33)13-27-12-15)22(31-24)28-8-9-34-18-4-2-1-3-5-18/h1-7,10-14H,8-9H2,(H,32,33)(H2,28,29,30,31). The van der Waals surface area contributed by atoms with Gasteiger partial charge in [-0.25, -0.2) is 14.2 Å². The number of nitrogens with one attached hydrogen (secondary N) is 2. The highest BCUT2D eigenvalue weighted by Crippen LogP contribution is 2.28. The molecule has 0 aliphatic heterocycles. The van der Waals surface area contributed by atoms with Crippen LogP contribution in [0.15, 0.2) is 73.2 Å². The molecule has 4 rings (SSSR count). The second-order valence-corrected chi connectivity index (χ2v) is 7.47. The van der Waals surface area contributed by atoms with Crippen LogP contribution in [-0.4, -0.2) is 39.2 Å². The molecule has 2 heterocycles. The normalized spacial score (nSPS) is 10.5. The molecule has 4 aromatic rings. The Kier molecular flexibility index (Phi) is 7.14. The van der Waals surface area contributed by atoms with Gasteiger partial charge in [0.05, 0.1) is 17.1 Å². The van der Waals surface area contributed by atoms with Crippen LogP contribution >= 0.6 is 11.6 Å². The minimum absolute atomic E-state index is 0.0328. The van der Waals surface area contributed by atoms with Gasteiger partial charge in [0.1, 0.15) is 24.0 Å². The molecule has 0 aliphatic carbocycles. The Morgan fingerprint density at radius 3 is 2.68 bits per heavy atom. The largest absolute Gasteiger partial charge is 0.492 e. The Labute approximate surface area is 199 Å². The van der Waals surface area contributed by atoms with E-state index in [9.17, 15) is 14.3 Å². The number of pyridine rings is 1. The summed E-state index contributed by atoms with van der Waals surface area (Å²) in [5.74, 6) is -0.212. The van der Waals surface area contributed by atoms with Crippen LogP contribution < -0.4 is 15.4 Å². The predicted molar refractivity (Wildman–Crippen MR) is 127 cm³/mol. The van der Waals surface area contributed by atoms with E-state index in [0.29, 0.717) is 35.8 Å². The summed E-state index contributed by atoms with van der Waals surface area (Å²) in [4.78, 5) is 24.2. The van der Waals surface area contributed by atoms with Gasteiger partial charge in [0.2, 0.25) is 5.95 Å². The second kappa shape index (κ2) is 10.6. The summed E-state index contributed by atoms with van der Waals surface area (Å²) >= 11 is 5.86. The van der Waals surface area contributed by atoms with E-state index in [0.717, 1.165) is 5.75 Å². The van der Waals surface area contributed by atoms with Gasteiger partial charge in [0.25, 0.3) is 0 Å². The fourth-order valence-electron chi connectivity index (χ4n) is 3.05. The van der Waals surface area contributed by atoms with Crippen molar-refractivity contribution in [3.63, 3.8) is 0 Å². The number of nitrogens with zero attached hydrogens (tertiary/aromatic N) is 3. The first-order valence-electron chi connectivity index (χ1n) is 10.2. The molecule has 10 heteroatoms. The molecule has 3 N–H and O–H groups in total. The maximum atomic E-state index is 13.5. The Bertz CT molecular complexity index is 1310. The molecule has 172 valence electrons. The van der Waals surface area contributed by atoms with Crippen LogP contribution in [0.2, 0.25) is 5.02 Å². The molecule has 0 bridgehead atoms. The zero-order chi connectivity index (χ0) is 23.9. The van der Waals surface area contributed by atoms with E-state index in [1.165, 1.54) is 36.7 Å². The lowest BCUT2D eigenvalue weighted by Crippen LogP contribution is -2.14. The minimum atomic E-state index is -1.09. The molecule has 0 aliphatic rings. The molecule has 0 radical (unpaired) electrons. The number of aromatic carboxylic acids is 1. The molecule has 34 heavy (non-hydrogen) atoms. The number of anilines is 3. The molecule has 0 saturated carbocycles. The Morgan fingerprint density at radius 1 is 1.09 bits per heavy atom. The summed E-state index contributed by atoms with van der Waals surface area (Å²) in [6, 6.07) is 15.1. The number of aromatic nitrogens is 3. The molecule has 2 aromatic carbocycles. The monoisotopic (exact) mass is 479 g/mol. The Balaban J connectivity index is 1.58. The Hall–Kier alpha value is -4.24. The third-order valence-electron chi connectivity index (χ3n) is 4.67. The van der Waals surface area contributed by atoms with E-state index in [1.54, 1.807) is 6.20 Å². The molecule has 2 aromatic heterocycles. The van der Waals surface area contributed by atoms with Crippen LogP contribution in [0.5, 0.6) is 5.75 Å². The fourth-order valence-corrected chi connectivity index (χ4v) is 3.23. The van der Waals surface area contributed by atoms with E-state index < -0.39 is 11.8 Å². The first-order valence-corrected chi connectivity index (χ1v) is 10.6.